The summed E-state index contributed by atoms with van der Waals surface area (Å²) in [6.07, 6.45) is 2.36. The molecule has 1 heteroatoms. The number of hydrogen-bond donors (Lipinski definition) is 1. The van der Waals surface area contributed by atoms with Crippen LogP contribution in [-0.4, -0.2) is 6.54 Å². The molecule has 1 N–H and O–H groups in total. The molecule has 0 aromatic heterocycles. The fraction of sp³-hybridized carbons (Fsp3) is 0.333. The molecule has 1 nitrogen and oxygen atoms in total. The number of rotatable bonds is 2. The van der Waals surface area contributed by atoms with Gasteiger partial charge in [-0.25, -0.2) is 0 Å². The van der Waals surface area contributed by atoms with Gasteiger partial charge in [0.2, 0.25) is 0 Å². The highest BCUT2D eigenvalue weighted by Gasteiger charge is 2.18. The summed E-state index contributed by atoms with van der Waals surface area (Å²) >= 11 is 0. The van der Waals surface area contributed by atoms with Gasteiger partial charge in [0.05, 0.1) is 0 Å². The third-order valence-electron chi connectivity index (χ3n) is 3.91. The van der Waals surface area contributed by atoms with Gasteiger partial charge in [-0.3, -0.25) is 0 Å². The molecule has 2 aromatic carbocycles. The van der Waals surface area contributed by atoms with E-state index in [4.69, 9.17) is 0 Å². The zero-order chi connectivity index (χ0) is 13.2. The van der Waals surface area contributed by atoms with Crippen molar-refractivity contribution in [2.75, 3.05) is 11.9 Å². The second kappa shape index (κ2) is 5.08. The fourth-order valence-electron chi connectivity index (χ4n) is 3.17. The van der Waals surface area contributed by atoms with Crippen LogP contribution in [-0.2, 0) is 12.8 Å². The minimum atomic E-state index is 0.705. The van der Waals surface area contributed by atoms with E-state index in [-0.39, 0.29) is 0 Å². The highest BCUT2D eigenvalue weighted by Crippen LogP contribution is 2.26. The summed E-state index contributed by atoms with van der Waals surface area (Å²) in [6, 6.07) is 15.6. The van der Waals surface area contributed by atoms with E-state index in [1.807, 2.05) is 0 Å². The lowest BCUT2D eigenvalue weighted by Crippen LogP contribution is -2.24. The van der Waals surface area contributed by atoms with Gasteiger partial charge in [-0.15, -0.1) is 0 Å². The molecule has 0 saturated heterocycles. The van der Waals surface area contributed by atoms with Crippen LogP contribution in [0.2, 0.25) is 0 Å². The van der Waals surface area contributed by atoms with Crippen molar-refractivity contribution in [3.05, 3.63) is 64.7 Å². The van der Waals surface area contributed by atoms with Crippen molar-refractivity contribution in [3.8, 4) is 0 Å². The van der Waals surface area contributed by atoms with Crippen LogP contribution in [0.1, 0.15) is 22.3 Å². The molecule has 0 aliphatic carbocycles. The van der Waals surface area contributed by atoms with Gasteiger partial charge in [0.1, 0.15) is 0 Å². The largest absolute Gasteiger partial charge is 0.385 e. The van der Waals surface area contributed by atoms with Crippen molar-refractivity contribution in [1.29, 1.82) is 0 Å². The topological polar surface area (TPSA) is 12.0 Å². The molecule has 0 spiro atoms. The molecule has 1 aliphatic rings. The third-order valence-corrected chi connectivity index (χ3v) is 3.91. The van der Waals surface area contributed by atoms with Crippen LogP contribution in [0.3, 0.4) is 0 Å². The molecule has 0 fully saturated rings. The molecule has 2 aromatic rings. The third kappa shape index (κ3) is 2.81. The minimum absolute atomic E-state index is 0.705. The number of aryl methyl sites for hydroxylation is 2. The first-order valence-electron chi connectivity index (χ1n) is 7.09. The Bertz CT molecular complexity index is 566. The van der Waals surface area contributed by atoms with Crippen LogP contribution in [0.15, 0.2) is 42.5 Å². The molecular formula is C18H21N. The van der Waals surface area contributed by atoms with E-state index in [1.165, 1.54) is 40.8 Å². The standard InChI is InChI=1S/C18H21N/c1-13-7-14(2)9-15(8-13)10-16-11-17-5-3-4-6-18(17)19-12-16/h3-9,16,19H,10-12H2,1-2H3. The van der Waals surface area contributed by atoms with E-state index in [1.54, 1.807) is 0 Å². The molecule has 0 saturated carbocycles. The molecule has 1 unspecified atom stereocenters. The van der Waals surface area contributed by atoms with E-state index in [0.29, 0.717) is 5.92 Å². The van der Waals surface area contributed by atoms with Crippen molar-refractivity contribution < 1.29 is 0 Å². The summed E-state index contributed by atoms with van der Waals surface area (Å²) in [4.78, 5) is 0. The Morgan fingerprint density at radius 2 is 1.79 bits per heavy atom. The lowest BCUT2D eigenvalue weighted by Gasteiger charge is -2.26. The minimum Gasteiger partial charge on any atom is -0.385 e. The molecule has 3 rings (SSSR count). The average Bonchev–Trinajstić information content (AvgIpc) is 2.37. The number of para-hydroxylation sites is 1. The highest BCUT2D eigenvalue weighted by atomic mass is 14.9. The Morgan fingerprint density at radius 3 is 2.58 bits per heavy atom. The second-order valence-electron chi connectivity index (χ2n) is 5.81. The predicted molar refractivity (Wildman–Crippen MR) is 81.7 cm³/mol. The summed E-state index contributed by atoms with van der Waals surface area (Å²) in [6.45, 7) is 5.46. The van der Waals surface area contributed by atoms with Crippen molar-refractivity contribution in [2.45, 2.75) is 26.7 Å². The van der Waals surface area contributed by atoms with E-state index in [0.717, 1.165) is 6.54 Å². The molecule has 98 valence electrons. The van der Waals surface area contributed by atoms with Gasteiger partial charge >= 0.3 is 0 Å². The van der Waals surface area contributed by atoms with Gasteiger partial charge in [-0.05, 0) is 49.8 Å². The first kappa shape index (κ1) is 12.3. The summed E-state index contributed by atoms with van der Waals surface area (Å²) in [5, 5.41) is 3.56. The summed E-state index contributed by atoms with van der Waals surface area (Å²) in [5.41, 5.74) is 7.00. The van der Waals surface area contributed by atoms with Gasteiger partial charge in [-0.1, -0.05) is 47.5 Å². The van der Waals surface area contributed by atoms with Gasteiger partial charge in [0, 0.05) is 12.2 Å². The fourth-order valence-corrected chi connectivity index (χ4v) is 3.17. The first-order chi connectivity index (χ1) is 9.20. The Hall–Kier alpha value is -1.76. The Balaban J connectivity index is 1.75. The molecule has 0 amide bonds. The molecule has 1 aliphatic heterocycles. The monoisotopic (exact) mass is 251 g/mol. The van der Waals surface area contributed by atoms with E-state index < -0.39 is 0 Å². The van der Waals surface area contributed by atoms with Gasteiger partial charge in [0.15, 0.2) is 0 Å². The van der Waals surface area contributed by atoms with Crippen LogP contribution >= 0.6 is 0 Å². The van der Waals surface area contributed by atoms with E-state index in [2.05, 4.69) is 61.6 Å². The Labute approximate surface area is 115 Å². The van der Waals surface area contributed by atoms with Gasteiger partial charge in [-0.2, -0.15) is 0 Å². The summed E-state index contributed by atoms with van der Waals surface area (Å²) < 4.78 is 0. The number of nitrogens with one attached hydrogen (secondary N) is 1. The second-order valence-corrected chi connectivity index (χ2v) is 5.81. The van der Waals surface area contributed by atoms with Crippen molar-refractivity contribution in [2.24, 2.45) is 5.92 Å². The lowest BCUT2D eigenvalue weighted by atomic mass is 9.88. The Kier molecular flexibility index (Phi) is 3.29. The summed E-state index contributed by atoms with van der Waals surface area (Å²) in [5.74, 6) is 0.705. The molecule has 1 heterocycles. The number of benzene rings is 2. The zero-order valence-electron chi connectivity index (χ0n) is 11.7. The lowest BCUT2D eigenvalue weighted by molar-refractivity contribution is 0.535. The van der Waals surface area contributed by atoms with E-state index >= 15 is 0 Å². The predicted octanol–water partition coefficient (Wildman–Crippen LogP) is 4.13. The molecule has 0 bridgehead atoms. The zero-order valence-corrected chi connectivity index (χ0v) is 11.7. The number of anilines is 1. The average molecular weight is 251 g/mol. The molecular weight excluding hydrogens is 230 g/mol. The van der Waals surface area contributed by atoms with Crippen molar-refractivity contribution in [3.63, 3.8) is 0 Å². The van der Waals surface area contributed by atoms with Gasteiger partial charge in [0.25, 0.3) is 0 Å². The van der Waals surface area contributed by atoms with Crippen LogP contribution in [0.5, 0.6) is 0 Å². The maximum absolute atomic E-state index is 3.56. The normalized spacial score (nSPS) is 17.7. The van der Waals surface area contributed by atoms with Crippen molar-refractivity contribution in [1.82, 2.24) is 0 Å². The SMILES string of the molecule is Cc1cc(C)cc(CC2CNc3ccccc3C2)c1. The van der Waals surface area contributed by atoms with Crippen LogP contribution in [0.4, 0.5) is 5.69 Å². The van der Waals surface area contributed by atoms with Crippen molar-refractivity contribution >= 4 is 5.69 Å². The molecule has 1 atom stereocenters. The van der Waals surface area contributed by atoms with Crippen LogP contribution < -0.4 is 5.32 Å². The first-order valence-corrected chi connectivity index (χ1v) is 7.09. The maximum atomic E-state index is 3.56. The quantitative estimate of drug-likeness (QED) is 0.846. The van der Waals surface area contributed by atoms with Gasteiger partial charge < -0.3 is 5.32 Å². The smallest absolute Gasteiger partial charge is 0.0372 e. The Morgan fingerprint density at radius 1 is 1.05 bits per heavy atom. The van der Waals surface area contributed by atoms with Crippen LogP contribution in [0, 0.1) is 19.8 Å². The number of hydrogen-bond acceptors (Lipinski definition) is 1. The molecule has 0 radical (unpaired) electrons. The molecule has 19 heavy (non-hydrogen) atoms. The van der Waals surface area contributed by atoms with E-state index in [9.17, 15) is 0 Å². The maximum Gasteiger partial charge on any atom is 0.0372 e. The summed E-state index contributed by atoms with van der Waals surface area (Å²) in [7, 11) is 0. The van der Waals surface area contributed by atoms with Crippen LogP contribution in [0.25, 0.3) is 0 Å². The highest BCUT2D eigenvalue weighted by molar-refractivity contribution is 5.53. The number of fused-ring (bicyclic) bond motifs is 1.